The lowest BCUT2D eigenvalue weighted by Crippen LogP contribution is -2.47. The quantitative estimate of drug-likeness (QED) is 0.276. The first-order valence-corrected chi connectivity index (χ1v) is 17.4. The highest BCUT2D eigenvalue weighted by Gasteiger charge is 2.24. The smallest absolute Gasteiger partial charge is 0.319 e. The van der Waals surface area contributed by atoms with Gasteiger partial charge in [-0.15, -0.1) is 11.3 Å². The fourth-order valence-electron chi connectivity index (χ4n) is 5.14. The number of carbonyl (C=O) groups is 1. The number of aryl methyl sites for hydroxylation is 1. The maximum Gasteiger partial charge on any atom is 0.319 e. The molecule has 238 valence electrons. The van der Waals surface area contributed by atoms with Gasteiger partial charge in [0, 0.05) is 75.2 Å². The predicted molar refractivity (Wildman–Crippen MR) is 172 cm³/mol. The van der Waals surface area contributed by atoms with Gasteiger partial charge in [0.15, 0.2) is 11.6 Å². The number of aromatic nitrogens is 5. The normalized spacial score (nSPS) is 16.5. The van der Waals surface area contributed by atoms with Crippen LogP contribution in [0.4, 0.5) is 16.4 Å². The van der Waals surface area contributed by atoms with E-state index in [1.165, 1.54) is 10.6 Å². The van der Waals surface area contributed by atoms with Crippen LogP contribution < -0.4 is 15.5 Å². The number of urea groups is 1. The summed E-state index contributed by atoms with van der Waals surface area (Å²) in [5, 5.41) is 9.92. The molecular weight excluding hydrogens is 617 g/mol. The van der Waals surface area contributed by atoms with E-state index in [0.717, 1.165) is 27.6 Å². The van der Waals surface area contributed by atoms with Gasteiger partial charge in [-0.1, -0.05) is 0 Å². The minimum atomic E-state index is -3.16. The van der Waals surface area contributed by atoms with Gasteiger partial charge in [0.05, 0.1) is 36.6 Å². The van der Waals surface area contributed by atoms with Gasteiger partial charge in [-0.2, -0.15) is 19.4 Å². The molecule has 5 heterocycles. The maximum atomic E-state index is 12.4. The van der Waals surface area contributed by atoms with Crippen LogP contribution in [0.2, 0.25) is 0 Å². The molecule has 2 N–H and O–H groups in total. The standard InChI is InChI=1S/C29H36N10O4S2/c1-36-10-9-23(35-36)19-30-29(40)31-22-5-3-21(4-6-22)26-32-27(34-28(33-26)38-15-17-43-18-16-38)25-8-7-24(44-25)20-37-11-13-39(14-12-37)45(2,41)42/h3-10H,11-20H2,1-2H3,(H2,30,31,40). The minimum absolute atomic E-state index is 0.323. The summed E-state index contributed by atoms with van der Waals surface area (Å²) >= 11 is 1.63. The first-order chi connectivity index (χ1) is 21.7. The molecule has 2 amide bonds. The summed E-state index contributed by atoms with van der Waals surface area (Å²) in [4.78, 5) is 33.4. The van der Waals surface area contributed by atoms with E-state index in [-0.39, 0.29) is 6.03 Å². The van der Waals surface area contributed by atoms with Crippen LogP contribution in [-0.2, 0) is 34.9 Å². The molecule has 0 unspecified atom stereocenters. The third-order valence-corrected chi connectivity index (χ3v) is 9.95. The number of ether oxygens (including phenoxy) is 1. The lowest BCUT2D eigenvalue weighted by Gasteiger charge is -2.32. The molecule has 3 aromatic heterocycles. The van der Waals surface area contributed by atoms with Crippen molar-refractivity contribution in [2.45, 2.75) is 13.1 Å². The Morgan fingerprint density at radius 3 is 2.36 bits per heavy atom. The Kier molecular flexibility index (Phi) is 9.37. The summed E-state index contributed by atoms with van der Waals surface area (Å²) in [6.45, 7) is 6.03. The van der Waals surface area contributed by atoms with Crippen molar-refractivity contribution in [2.75, 3.05) is 69.0 Å². The van der Waals surface area contributed by atoms with Crippen molar-refractivity contribution in [3.63, 3.8) is 0 Å². The first-order valence-electron chi connectivity index (χ1n) is 14.7. The van der Waals surface area contributed by atoms with Gasteiger partial charge in [-0.05, 0) is 42.5 Å². The number of hydrogen-bond acceptors (Lipinski definition) is 11. The molecule has 0 saturated carbocycles. The minimum Gasteiger partial charge on any atom is -0.378 e. The molecule has 0 radical (unpaired) electrons. The zero-order valence-corrected chi connectivity index (χ0v) is 26.9. The van der Waals surface area contributed by atoms with Gasteiger partial charge >= 0.3 is 6.03 Å². The van der Waals surface area contributed by atoms with Gasteiger partial charge in [0.1, 0.15) is 0 Å². The first kappa shape index (κ1) is 31.0. The molecule has 16 heteroatoms. The molecule has 6 rings (SSSR count). The highest BCUT2D eigenvalue weighted by atomic mass is 32.2. The van der Waals surface area contributed by atoms with Gasteiger partial charge in [-0.25, -0.2) is 18.2 Å². The number of morpholine rings is 1. The van der Waals surface area contributed by atoms with E-state index in [2.05, 4.69) is 31.6 Å². The maximum absolute atomic E-state index is 12.4. The fourth-order valence-corrected chi connectivity index (χ4v) is 6.95. The molecule has 45 heavy (non-hydrogen) atoms. The topological polar surface area (TPSA) is 151 Å². The van der Waals surface area contributed by atoms with Crippen LogP contribution in [-0.4, -0.2) is 107 Å². The SMILES string of the molecule is Cn1ccc(CNC(=O)Nc2ccc(-c3nc(-c4ccc(CN5CCN(S(C)(=O)=O)CC5)s4)nc(N4CCOCC4)n3)cc2)n1. The van der Waals surface area contributed by atoms with E-state index in [0.29, 0.717) is 82.3 Å². The average Bonchev–Trinajstić information content (AvgIpc) is 3.69. The zero-order valence-electron chi connectivity index (χ0n) is 25.2. The number of rotatable bonds is 9. The van der Waals surface area contributed by atoms with E-state index < -0.39 is 10.0 Å². The molecule has 0 bridgehead atoms. The molecule has 2 aliphatic rings. The number of nitrogens with zero attached hydrogens (tertiary/aromatic N) is 8. The molecular formula is C29H36N10O4S2. The summed E-state index contributed by atoms with van der Waals surface area (Å²) in [7, 11) is -1.33. The molecule has 2 saturated heterocycles. The lowest BCUT2D eigenvalue weighted by atomic mass is 10.2. The Balaban J connectivity index is 1.16. The van der Waals surface area contributed by atoms with E-state index in [1.807, 2.05) is 49.6 Å². The van der Waals surface area contributed by atoms with Crippen molar-refractivity contribution in [2.24, 2.45) is 7.05 Å². The Hall–Kier alpha value is -3.96. The Morgan fingerprint density at radius 2 is 1.67 bits per heavy atom. The summed E-state index contributed by atoms with van der Waals surface area (Å²) in [6.07, 6.45) is 3.09. The second kappa shape index (κ2) is 13.6. The molecule has 14 nitrogen and oxygen atoms in total. The molecule has 1 aromatic carbocycles. The van der Waals surface area contributed by atoms with E-state index in [4.69, 9.17) is 19.7 Å². The van der Waals surface area contributed by atoms with Crippen molar-refractivity contribution in [1.82, 2.24) is 39.3 Å². The van der Waals surface area contributed by atoms with Crippen LogP contribution in [0.5, 0.6) is 0 Å². The molecule has 2 fully saturated rings. The second-order valence-electron chi connectivity index (χ2n) is 11.0. The van der Waals surface area contributed by atoms with E-state index in [9.17, 15) is 13.2 Å². The van der Waals surface area contributed by atoms with Crippen LogP contribution >= 0.6 is 11.3 Å². The second-order valence-corrected chi connectivity index (χ2v) is 14.1. The van der Waals surface area contributed by atoms with Crippen molar-refractivity contribution in [1.29, 1.82) is 0 Å². The number of hydrogen-bond donors (Lipinski definition) is 2. The Morgan fingerprint density at radius 1 is 0.933 bits per heavy atom. The molecule has 0 spiro atoms. The summed E-state index contributed by atoms with van der Waals surface area (Å²) in [5.74, 6) is 1.73. The number of sulfonamides is 1. The van der Waals surface area contributed by atoms with Crippen LogP contribution in [0.15, 0.2) is 48.7 Å². The number of nitrogens with one attached hydrogen (secondary N) is 2. The monoisotopic (exact) mass is 652 g/mol. The fraction of sp³-hybridized carbons (Fsp3) is 0.414. The number of carbonyl (C=O) groups excluding carboxylic acids is 1. The number of piperazine rings is 1. The Bertz CT molecular complexity index is 1730. The van der Waals surface area contributed by atoms with Gasteiger partial charge < -0.3 is 20.3 Å². The van der Waals surface area contributed by atoms with Crippen molar-refractivity contribution in [3.8, 4) is 22.1 Å². The third-order valence-electron chi connectivity index (χ3n) is 7.58. The highest BCUT2D eigenvalue weighted by Crippen LogP contribution is 2.30. The third kappa shape index (κ3) is 8.01. The number of amides is 2. The number of anilines is 2. The van der Waals surface area contributed by atoms with Gasteiger partial charge in [0.25, 0.3) is 0 Å². The predicted octanol–water partition coefficient (Wildman–Crippen LogP) is 2.24. The van der Waals surface area contributed by atoms with Crippen LogP contribution in [0.3, 0.4) is 0 Å². The average molecular weight is 653 g/mol. The van der Waals surface area contributed by atoms with Crippen LogP contribution in [0.25, 0.3) is 22.1 Å². The zero-order chi connectivity index (χ0) is 31.4. The van der Waals surface area contributed by atoms with Crippen molar-refractivity contribution >= 4 is 39.0 Å². The number of benzene rings is 1. The van der Waals surface area contributed by atoms with Crippen molar-refractivity contribution in [3.05, 3.63) is 59.2 Å². The number of thiophene rings is 1. The molecule has 0 atom stereocenters. The van der Waals surface area contributed by atoms with E-state index >= 15 is 0 Å². The summed E-state index contributed by atoms with van der Waals surface area (Å²) < 4.78 is 32.5. The summed E-state index contributed by atoms with van der Waals surface area (Å²) in [5.41, 5.74) is 2.21. The Labute approximate surface area is 266 Å². The van der Waals surface area contributed by atoms with Gasteiger partial charge in [0.2, 0.25) is 16.0 Å². The largest absolute Gasteiger partial charge is 0.378 e. The molecule has 0 aliphatic carbocycles. The van der Waals surface area contributed by atoms with Crippen LogP contribution in [0.1, 0.15) is 10.6 Å². The van der Waals surface area contributed by atoms with E-state index in [1.54, 1.807) is 16.0 Å². The lowest BCUT2D eigenvalue weighted by molar-refractivity contribution is 0.122. The molecule has 4 aromatic rings. The molecule has 2 aliphatic heterocycles. The van der Waals surface area contributed by atoms with Gasteiger partial charge in [-0.3, -0.25) is 9.58 Å². The van der Waals surface area contributed by atoms with Crippen LogP contribution in [0, 0.1) is 0 Å². The summed E-state index contributed by atoms with van der Waals surface area (Å²) in [6, 6.07) is 13.0. The van der Waals surface area contributed by atoms with Crippen molar-refractivity contribution < 1.29 is 17.9 Å². The highest BCUT2D eigenvalue weighted by molar-refractivity contribution is 7.88.